The minimum atomic E-state index is 0.258. The molecule has 0 aliphatic carbocycles. The lowest BCUT2D eigenvalue weighted by Crippen LogP contribution is -2.34. The fourth-order valence-corrected chi connectivity index (χ4v) is 4.75. The lowest BCUT2D eigenvalue weighted by atomic mass is 9.93. The number of hydrogen-bond acceptors (Lipinski definition) is 9. The second kappa shape index (κ2) is 7.64. The fourth-order valence-electron chi connectivity index (χ4n) is 4.05. The third-order valence-corrected chi connectivity index (χ3v) is 6.18. The Kier molecular flexibility index (Phi) is 4.84. The number of hydrogen-bond donors (Lipinski definition) is 0. The summed E-state index contributed by atoms with van der Waals surface area (Å²) in [4.78, 5) is 3.42. The zero-order valence-electron chi connectivity index (χ0n) is 16.4. The van der Waals surface area contributed by atoms with Crippen molar-refractivity contribution in [3.05, 3.63) is 35.2 Å². The van der Waals surface area contributed by atoms with Gasteiger partial charge in [-0.1, -0.05) is 9.64 Å². The van der Waals surface area contributed by atoms with Gasteiger partial charge in [-0.2, -0.15) is 0 Å². The summed E-state index contributed by atoms with van der Waals surface area (Å²) in [5, 5.41) is 8.45. The SMILES string of the molecule is COc1cc2c(cc1CN1CCCC(c3nnsc3-c3cc(C)no3)C1)OCO2. The van der Waals surface area contributed by atoms with Gasteiger partial charge >= 0.3 is 0 Å². The Morgan fingerprint density at radius 1 is 1.24 bits per heavy atom. The third-order valence-electron chi connectivity index (χ3n) is 5.43. The number of fused-ring (bicyclic) bond motifs is 1. The van der Waals surface area contributed by atoms with Crippen molar-refractivity contribution in [2.45, 2.75) is 32.2 Å². The monoisotopic (exact) mass is 414 g/mol. The van der Waals surface area contributed by atoms with Crippen LogP contribution in [-0.4, -0.2) is 46.6 Å². The molecule has 2 aliphatic rings. The van der Waals surface area contributed by atoms with Crippen molar-refractivity contribution < 1.29 is 18.7 Å². The van der Waals surface area contributed by atoms with E-state index in [-0.39, 0.29) is 6.79 Å². The normalized spacial score (nSPS) is 18.9. The zero-order valence-corrected chi connectivity index (χ0v) is 17.2. The fraction of sp³-hybridized carbons (Fsp3) is 0.450. The second-order valence-corrected chi connectivity index (χ2v) is 8.17. The zero-order chi connectivity index (χ0) is 19.8. The number of ether oxygens (including phenoxy) is 3. The largest absolute Gasteiger partial charge is 0.496 e. The second-order valence-electron chi connectivity index (χ2n) is 7.41. The van der Waals surface area contributed by atoms with Crippen LogP contribution in [0.15, 0.2) is 22.7 Å². The molecule has 4 heterocycles. The van der Waals surface area contributed by atoms with E-state index < -0.39 is 0 Å². The molecule has 0 radical (unpaired) electrons. The van der Waals surface area contributed by atoms with Gasteiger partial charge < -0.3 is 18.7 Å². The van der Waals surface area contributed by atoms with Crippen LogP contribution in [0.5, 0.6) is 17.2 Å². The lowest BCUT2D eigenvalue weighted by molar-refractivity contribution is 0.173. The van der Waals surface area contributed by atoms with Crippen LogP contribution in [0.2, 0.25) is 0 Å². The number of aromatic nitrogens is 3. The summed E-state index contributed by atoms with van der Waals surface area (Å²) in [6.45, 7) is 4.90. The number of nitrogens with zero attached hydrogens (tertiary/aromatic N) is 4. The molecule has 3 aromatic rings. The van der Waals surface area contributed by atoms with Crippen molar-refractivity contribution in [2.24, 2.45) is 0 Å². The molecule has 0 N–H and O–H groups in total. The van der Waals surface area contributed by atoms with Crippen molar-refractivity contribution in [1.82, 2.24) is 19.6 Å². The molecule has 1 aromatic carbocycles. The molecule has 152 valence electrons. The highest BCUT2D eigenvalue weighted by Gasteiger charge is 2.29. The number of methoxy groups -OCH3 is 1. The third kappa shape index (κ3) is 3.56. The summed E-state index contributed by atoms with van der Waals surface area (Å²) in [5.41, 5.74) is 2.97. The van der Waals surface area contributed by atoms with E-state index in [1.165, 1.54) is 11.5 Å². The van der Waals surface area contributed by atoms with Gasteiger partial charge in [0.1, 0.15) is 10.6 Å². The Labute approximate surface area is 172 Å². The van der Waals surface area contributed by atoms with Crippen LogP contribution < -0.4 is 14.2 Å². The van der Waals surface area contributed by atoms with E-state index in [1.807, 2.05) is 25.1 Å². The molecule has 2 aromatic heterocycles. The molecule has 29 heavy (non-hydrogen) atoms. The molecule has 1 atom stereocenters. The van der Waals surface area contributed by atoms with Crippen LogP contribution >= 0.6 is 11.5 Å². The maximum Gasteiger partial charge on any atom is 0.231 e. The van der Waals surface area contributed by atoms with Gasteiger partial charge in [-0.15, -0.1) is 5.10 Å². The minimum Gasteiger partial charge on any atom is -0.496 e. The first kappa shape index (κ1) is 18.4. The molecule has 1 fully saturated rings. The number of aryl methyl sites for hydroxylation is 1. The lowest BCUT2D eigenvalue weighted by Gasteiger charge is -2.32. The van der Waals surface area contributed by atoms with Gasteiger partial charge in [0.15, 0.2) is 17.3 Å². The Bertz CT molecular complexity index is 1020. The Hall–Kier alpha value is -2.65. The molecule has 0 spiro atoms. The van der Waals surface area contributed by atoms with E-state index in [9.17, 15) is 0 Å². The molecule has 0 bridgehead atoms. The van der Waals surface area contributed by atoms with Crippen LogP contribution in [0.1, 0.15) is 35.7 Å². The first-order valence-electron chi connectivity index (χ1n) is 9.66. The summed E-state index contributed by atoms with van der Waals surface area (Å²) < 4.78 is 26.3. The van der Waals surface area contributed by atoms with Crippen molar-refractivity contribution in [3.8, 4) is 27.9 Å². The highest BCUT2D eigenvalue weighted by atomic mass is 32.1. The smallest absolute Gasteiger partial charge is 0.231 e. The molecule has 1 unspecified atom stereocenters. The van der Waals surface area contributed by atoms with E-state index >= 15 is 0 Å². The Morgan fingerprint density at radius 3 is 2.90 bits per heavy atom. The van der Waals surface area contributed by atoms with Gasteiger partial charge in [-0.3, -0.25) is 4.90 Å². The van der Waals surface area contributed by atoms with Gasteiger partial charge in [0, 0.05) is 36.7 Å². The van der Waals surface area contributed by atoms with E-state index in [2.05, 4.69) is 19.6 Å². The predicted molar refractivity (Wildman–Crippen MR) is 107 cm³/mol. The van der Waals surface area contributed by atoms with Crippen LogP contribution in [0.25, 0.3) is 10.6 Å². The molecule has 2 aliphatic heterocycles. The van der Waals surface area contributed by atoms with E-state index in [4.69, 9.17) is 18.7 Å². The van der Waals surface area contributed by atoms with Crippen molar-refractivity contribution >= 4 is 11.5 Å². The van der Waals surface area contributed by atoms with Crippen LogP contribution in [-0.2, 0) is 6.54 Å². The number of likely N-dealkylation sites (tertiary alicyclic amines) is 1. The van der Waals surface area contributed by atoms with Gasteiger partial charge in [-0.25, -0.2) is 0 Å². The van der Waals surface area contributed by atoms with Crippen molar-refractivity contribution in [3.63, 3.8) is 0 Å². The highest BCUT2D eigenvalue weighted by Crippen LogP contribution is 2.40. The highest BCUT2D eigenvalue weighted by molar-refractivity contribution is 7.09. The quantitative estimate of drug-likeness (QED) is 0.626. The molecule has 8 nitrogen and oxygen atoms in total. The maximum atomic E-state index is 5.59. The standard InChI is InChI=1S/C20H22N4O4S/c1-12-6-18(28-22-12)20-19(21-23-29-20)13-4-3-5-24(9-13)10-14-7-16-17(27-11-26-16)8-15(14)25-2/h6-8,13H,3-5,9-11H2,1-2H3. The molecule has 0 saturated carbocycles. The summed E-state index contributed by atoms with van der Waals surface area (Å²) in [7, 11) is 1.69. The molecule has 1 saturated heterocycles. The number of piperidine rings is 1. The van der Waals surface area contributed by atoms with Gasteiger partial charge in [-0.05, 0) is 43.9 Å². The average molecular weight is 414 g/mol. The Balaban J connectivity index is 1.36. The van der Waals surface area contributed by atoms with Crippen LogP contribution in [0, 0.1) is 6.92 Å². The number of benzene rings is 1. The van der Waals surface area contributed by atoms with E-state index in [0.29, 0.717) is 5.92 Å². The van der Waals surface area contributed by atoms with Gasteiger partial charge in [0.2, 0.25) is 6.79 Å². The summed E-state index contributed by atoms with van der Waals surface area (Å²) in [5.74, 6) is 3.40. The van der Waals surface area contributed by atoms with Gasteiger partial charge in [0.25, 0.3) is 0 Å². The number of rotatable bonds is 5. The maximum absolute atomic E-state index is 5.59. The van der Waals surface area contributed by atoms with E-state index in [1.54, 1.807) is 7.11 Å². The Morgan fingerprint density at radius 2 is 2.10 bits per heavy atom. The summed E-state index contributed by atoms with van der Waals surface area (Å²) in [6, 6.07) is 5.88. The van der Waals surface area contributed by atoms with Crippen molar-refractivity contribution in [2.75, 3.05) is 27.0 Å². The average Bonchev–Trinajstić information content (AvgIpc) is 3.47. The molecule has 9 heteroatoms. The van der Waals surface area contributed by atoms with Crippen LogP contribution in [0.3, 0.4) is 0 Å². The van der Waals surface area contributed by atoms with Crippen LogP contribution in [0.4, 0.5) is 0 Å². The van der Waals surface area contributed by atoms with Crippen molar-refractivity contribution in [1.29, 1.82) is 0 Å². The predicted octanol–water partition coefficient (Wildman–Crippen LogP) is 3.62. The van der Waals surface area contributed by atoms with E-state index in [0.717, 1.165) is 77.3 Å². The molecular formula is C20H22N4O4S. The van der Waals surface area contributed by atoms with Gasteiger partial charge in [0.05, 0.1) is 18.5 Å². The topological polar surface area (TPSA) is 82.7 Å². The minimum absolute atomic E-state index is 0.258. The molecule has 0 amide bonds. The summed E-state index contributed by atoms with van der Waals surface area (Å²) in [6.07, 6.45) is 2.18. The molecule has 5 rings (SSSR count). The summed E-state index contributed by atoms with van der Waals surface area (Å²) >= 11 is 1.37. The first-order valence-corrected chi connectivity index (χ1v) is 10.4. The molecular weight excluding hydrogens is 392 g/mol. The first-order chi connectivity index (χ1) is 14.2.